The Morgan fingerprint density at radius 2 is 2.05 bits per heavy atom. The lowest BCUT2D eigenvalue weighted by Gasteiger charge is -2.12. The van der Waals surface area contributed by atoms with E-state index in [1.54, 1.807) is 0 Å². The number of para-hydroxylation sites is 1. The lowest BCUT2D eigenvalue weighted by Crippen LogP contribution is -2.19. The normalized spacial score (nSPS) is 11.4. The molecule has 0 spiro atoms. The number of benzene rings is 1. The van der Waals surface area contributed by atoms with Crippen molar-refractivity contribution in [2.75, 3.05) is 27.2 Å². The quantitative estimate of drug-likeness (QED) is 0.810. The summed E-state index contributed by atoms with van der Waals surface area (Å²) in [5.41, 5.74) is 1.90. The summed E-state index contributed by atoms with van der Waals surface area (Å²) in [5.74, 6) is 1.62. The van der Waals surface area contributed by atoms with Crippen molar-refractivity contribution in [1.82, 2.24) is 10.1 Å². The molecule has 0 saturated heterocycles. The molecule has 0 amide bonds. The van der Waals surface area contributed by atoms with E-state index in [1.807, 2.05) is 63.5 Å². The molecule has 0 aliphatic heterocycles. The molecule has 0 radical (unpaired) electrons. The minimum Gasteiger partial charge on any atom is -0.492 e. The summed E-state index contributed by atoms with van der Waals surface area (Å²) in [6.07, 6.45) is 3.87. The van der Waals surface area contributed by atoms with Crippen LogP contribution in [-0.4, -0.2) is 37.3 Å². The van der Waals surface area contributed by atoms with Crippen molar-refractivity contribution in [2.24, 2.45) is 0 Å². The zero-order valence-electron chi connectivity index (χ0n) is 12.2. The van der Waals surface area contributed by atoms with Crippen molar-refractivity contribution in [3.63, 3.8) is 0 Å². The van der Waals surface area contributed by atoms with Gasteiger partial charge in [0.15, 0.2) is 5.76 Å². The van der Waals surface area contributed by atoms with Gasteiger partial charge in [0, 0.05) is 18.2 Å². The van der Waals surface area contributed by atoms with E-state index in [1.165, 1.54) is 0 Å². The number of likely N-dealkylation sites (N-methyl/N-ethyl adjacent to an activating group) is 1. The van der Waals surface area contributed by atoms with Gasteiger partial charge < -0.3 is 14.2 Å². The van der Waals surface area contributed by atoms with Gasteiger partial charge in [-0.25, -0.2) is 0 Å². The number of rotatable bonds is 6. The SMILES string of the molecule is Cc1cc(/C=C/c2ccccc2OCCN(C)C)on1. The fourth-order valence-electron chi connectivity index (χ4n) is 1.72. The van der Waals surface area contributed by atoms with E-state index >= 15 is 0 Å². The zero-order valence-corrected chi connectivity index (χ0v) is 12.2. The Labute approximate surface area is 119 Å². The minimum absolute atomic E-state index is 0.666. The Balaban J connectivity index is 2.05. The van der Waals surface area contributed by atoms with E-state index in [2.05, 4.69) is 10.1 Å². The van der Waals surface area contributed by atoms with E-state index in [9.17, 15) is 0 Å². The minimum atomic E-state index is 0.666. The first-order valence-electron chi connectivity index (χ1n) is 6.63. The first-order valence-corrected chi connectivity index (χ1v) is 6.63. The number of hydrogen-bond donors (Lipinski definition) is 0. The molecule has 0 unspecified atom stereocenters. The lowest BCUT2D eigenvalue weighted by molar-refractivity contribution is 0.261. The predicted molar refractivity (Wildman–Crippen MR) is 80.7 cm³/mol. The van der Waals surface area contributed by atoms with E-state index in [4.69, 9.17) is 9.26 Å². The molecule has 2 aromatic rings. The zero-order chi connectivity index (χ0) is 14.4. The largest absolute Gasteiger partial charge is 0.492 e. The molecule has 0 bridgehead atoms. The first kappa shape index (κ1) is 14.3. The van der Waals surface area contributed by atoms with Crippen LogP contribution in [0.25, 0.3) is 12.2 Å². The molecule has 0 atom stereocenters. The molecular weight excluding hydrogens is 252 g/mol. The second kappa shape index (κ2) is 6.91. The highest BCUT2D eigenvalue weighted by molar-refractivity contribution is 5.70. The Morgan fingerprint density at radius 3 is 2.75 bits per heavy atom. The maximum absolute atomic E-state index is 5.80. The standard InChI is InChI=1S/C16H20N2O2/c1-13-12-15(20-17-13)9-8-14-6-4-5-7-16(14)19-11-10-18(2)3/h4-9,12H,10-11H2,1-3H3/b9-8+. The fourth-order valence-corrected chi connectivity index (χ4v) is 1.72. The van der Waals surface area contributed by atoms with Gasteiger partial charge in [0.1, 0.15) is 12.4 Å². The molecular formula is C16H20N2O2. The summed E-state index contributed by atoms with van der Waals surface area (Å²) in [6.45, 7) is 3.46. The molecule has 0 N–H and O–H groups in total. The van der Waals surface area contributed by atoms with Crippen molar-refractivity contribution in [3.05, 3.63) is 47.3 Å². The number of aromatic nitrogens is 1. The molecule has 1 aromatic heterocycles. The van der Waals surface area contributed by atoms with Crippen LogP contribution in [0.4, 0.5) is 0 Å². The van der Waals surface area contributed by atoms with Crippen molar-refractivity contribution in [1.29, 1.82) is 0 Å². The average Bonchev–Trinajstić information content (AvgIpc) is 2.83. The maximum Gasteiger partial charge on any atom is 0.159 e. The molecule has 0 aliphatic carbocycles. The number of hydrogen-bond acceptors (Lipinski definition) is 4. The molecule has 0 saturated carbocycles. The Morgan fingerprint density at radius 1 is 1.25 bits per heavy atom. The number of ether oxygens (including phenoxy) is 1. The van der Waals surface area contributed by atoms with Crippen LogP contribution in [0.2, 0.25) is 0 Å². The van der Waals surface area contributed by atoms with Crippen molar-refractivity contribution in [3.8, 4) is 5.75 Å². The third kappa shape index (κ3) is 4.24. The van der Waals surface area contributed by atoms with Gasteiger partial charge in [0.25, 0.3) is 0 Å². The van der Waals surface area contributed by atoms with Gasteiger partial charge in [-0.1, -0.05) is 23.4 Å². The summed E-state index contributed by atoms with van der Waals surface area (Å²) in [7, 11) is 4.06. The van der Waals surface area contributed by atoms with Crippen LogP contribution in [0.5, 0.6) is 5.75 Å². The van der Waals surface area contributed by atoms with Crippen molar-refractivity contribution in [2.45, 2.75) is 6.92 Å². The Hall–Kier alpha value is -2.07. The Bertz CT molecular complexity index is 573. The molecule has 1 heterocycles. The molecule has 2 rings (SSSR count). The van der Waals surface area contributed by atoms with Gasteiger partial charge in [-0.05, 0) is 39.2 Å². The van der Waals surface area contributed by atoms with Crippen LogP contribution >= 0.6 is 0 Å². The van der Waals surface area contributed by atoms with E-state index < -0.39 is 0 Å². The van der Waals surface area contributed by atoms with Crippen LogP contribution in [0.3, 0.4) is 0 Å². The van der Waals surface area contributed by atoms with E-state index in [-0.39, 0.29) is 0 Å². The van der Waals surface area contributed by atoms with E-state index in [0.29, 0.717) is 6.61 Å². The number of aryl methyl sites for hydroxylation is 1. The lowest BCUT2D eigenvalue weighted by atomic mass is 10.2. The molecule has 1 aromatic carbocycles. The van der Waals surface area contributed by atoms with Crippen LogP contribution in [0.15, 0.2) is 34.9 Å². The summed E-state index contributed by atoms with van der Waals surface area (Å²) < 4.78 is 11.0. The van der Waals surface area contributed by atoms with Gasteiger partial charge in [0.2, 0.25) is 0 Å². The highest BCUT2D eigenvalue weighted by Gasteiger charge is 2.01. The molecule has 0 fully saturated rings. The van der Waals surface area contributed by atoms with Gasteiger partial charge in [0.05, 0.1) is 5.69 Å². The van der Waals surface area contributed by atoms with E-state index in [0.717, 1.165) is 29.3 Å². The van der Waals surface area contributed by atoms with Gasteiger partial charge >= 0.3 is 0 Å². The monoisotopic (exact) mass is 272 g/mol. The predicted octanol–water partition coefficient (Wildman–Crippen LogP) is 3.09. The molecule has 20 heavy (non-hydrogen) atoms. The van der Waals surface area contributed by atoms with Gasteiger partial charge in [-0.15, -0.1) is 0 Å². The summed E-state index contributed by atoms with van der Waals surface area (Å²) in [5, 5.41) is 3.86. The molecule has 4 nitrogen and oxygen atoms in total. The second-order valence-electron chi connectivity index (χ2n) is 4.89. The van der Waals surface area contributed by atoms with Crippen molar-refractivity contribution < 1.29 is 9.26 Å². The summed E-state index contributed by atoms with van der Waals surface area (Å²) in [4.78, 5) is 2.09. The molecule has 0 aliphatic rings. The van der Waals surface area contributed by atoms with Crippen LogP contribution in [-0.2, 0) is 0 Å². The maximum atomic E-state index is 5.80. The highest BCUT2D eigenvalue weighted by atomic mass is 16.5. The molecule has 4 heteroatoms. The topological polar surface area (TPSA) is 38.5 Å². The average molecular weight is 272 g/mol. The van der Waals surface area contributed by atoms with Gasteiger partial charge in [-0.3, -0.25) is 0 Å². The van der Waals surface area contributed by atoms with Crippen LogP contribution in [0, 0.1) is 6.92 Å². The Kier molecular flexibility index (Phi) is 4.96. The fraction of sp³-hybridized carbons (Fsp3) is 0.312. The van der Waals surface area contributed by atoms with Crippen LogP contribution in [0.1, 0.15) is 17.0 Å². The second-order valence-corrected chi connectivity index (χ2v) is 4.89. The van der Waals surface area contributed by atoms with Crippen LogP contribution < -0.4 is 4.74 Å². The number of nitrogens with zero attached hydrogens (tertiary/aromatic N) is 2. The third-order valence-corrected chi connectivity index (χ3v) is 2.79. The summed E-state index contributed by atoms with van der Waals surface area (Å²) in [6, 6.07) is 9.85. The first-order chi connectivity index (χ1) is 9.65. The molecule has 106 valence electrons. The smallest absolute Gasteiger partial charge is 0.159 e. The van der Waals surface area contributed by atoms with Crippen molar-refractivity contribution >= 4 is 12.2 Å². The van der Waals surface area contributed by atoms with Gasteiger partial charge in [-0.2, -0.15) is 0 Å². The summed E-state index contributed by atoms with van der Waals surface area (Å²) >= 11 is 0. The third-order valence-electron chi connectivity index (χ3n) is 2.79. The highest BCUT2D eigenvalue weighted by Crippen LogP contribution is 2.20.